The number of carbonyl (C=O) groups excluding carboxylic acids is 1. The van der Waals surface area contributed by atoms with Gasteiger partial charge in [-0.25, -0.2) is 9.97 Å². The molecule has 0 spiro atoms. The average molecular weight is 370 g/mol. The molecule has 0 unspecified atom stereocenters. The normalized spacial score (nSPS) is 10.6. The highest BCUT2D eigenvalue weighted by Crippen LogP contribution is 2.33. The maximum Gasteiger partial charge on any atom is 0.213 e. The summed E-state index contributed by atoms with van der Waals surface area (Å²) in [4.78, 5) is 22.6. The van der Waals surface area contributed by atoms with Crippen molar-refractivity contribution in [3.05, 3.63) is 84.1 Å². The molecule has 0 atom stereocenters. The number of ketones is 1. The van der Waals surface area contributed by atoms with Crippen LogP contribution < -0.4 is 9.47 Å². The van der Waals surface area contributed by atoms with Crippen LogP contribution in [0.15, 0.2) is 72.8 Å². The van der Waals surface area contributed by atoms with Crippen molar-refractivity contribution in [2.75, 3.05) is 14.2 Å². The van der Waals surface area contributed by atoms with Crippen LogP contribution in [0.4, 0.5) is 0 Å². The van der Waals surface area contributed by atoms with Crippen molar-refractivity contribution in [1.82, 2.24) is 9.97 Å². The van der Waals surface area contributed by atoms with Gasteiger partial charge in [-0.15, -0.1) is 0 Å². The lowest BCUT2D eigenvalue weighted by Gasteiger charge is -2.12. The number of aromatic nitrogens is 2. The second-order valence-electron chi connectivity index (χ2n) is 6.18. The van der Waals surface area contributed by atoms with Crippen LogP contribution in [0.25, 0.3) is 22.3 Å². The van der Waals surface area contributed by atoms with E-state index >= 15 is 0 Å². The summed E-state index contributed by atoms with van der Waals surface area (Å²) >= 11 is 0. The lowest BCUT2D eigenvalue weighted by atomic mass is 10.0. The molecular weight excluding hydrogens is 352 g/mol. The van der Waals surface area contributed by atoms with Gasteiger partial charge < -0.3 is 9.47 Å². The summed E-state index contributed by atoms with van der Waals surface area (Å²) in [5.41, 5.74) is 3.42. The summed E-state index contributed by atoms with van der Waals surface area (Å²) in [5.74, 6) is 0.920. The van der Waals surface area contributed by atoms with E-state index in [0.29, 0.717) is 39.5 Å². The summed E-state index contributed by atoms with van der Waals surface area (Å²) in [5, 5.41) is 0. The fourth-order valence-electron chi connectivity index (χ4n) is 3.07. The van der Waals surface area contributed by atoms with Crippen LogP contribution in [0.3, 0.4) is 0 Å². The Hall–Kier alpha value is -3.73. The molecule has 0 amide bonds. The van der Waals surface area contributed by atoms with Crippen LogP contribution in [-0.2, 0) is 0 Å². The van der Waals surface area contributed by atoms with Crippen molar-refractivity contribution in [1.29, 1.82) is 0 Å². The molecule has 4 rings (SSSR count). The molecule has 0 N–H and O–H groups in total. The van der Waals surface area contributed by atoms with Gasteiger partial charge in [0.2, 0.25) is 5.78 Å². The van der Waals surface area contributed by atoms with E-state index in [0.717, 1.165) is 5.56 Å². The largest absolute Gasteiger partial charge is 0.493 e. The van der Waals surface area contributed by atoms with E-state index in [2.05, 4.69) is 4.98 Å². The van der Waals surface area contributed by atoms with Crippen LogP contribution in [0, 0.1) is 0 Å². The first-order chi connectivity index (χ1) is 13.7. The summed E-state index contributed by atoms with van der Waals surface area (Å²) < 4.78 is 10.7. The second-order valence-corrected chi connectivity index (χ2v) is 6.18. The van der Waals surface area contributed by atoms with Gasteiger partial charge in [-0.1, -0.05) is 60.7 Å². The molecule has 0 bridgehead atoms. The van der Waals surface area contributed by atoms with Gasteiger partial charge in [-0.2, -0.15) is 0 Å². The Labute approximate surface area is 162 Å². The minimum atomic E-state index is -0.177. The van der Waals surface area contributed by atoms with Crippen molar-refractivity contribution >= 4 is 16.8 Å². The molecule has 1 heterocycles. The van der Waals surface area contributed by atoms with Crippen molar-refractivity contribution in [3.8, 4) is 22.8 Å². The van der Waals surface area contributed by atoms with Crippen molar-refractivity contribution in [2.24, 2.45) is 0 Å². The van der Waals surface area contributed by atoms with Crippen molar-refractivity contribution in [3.63, 3.8) is 0 Å². The number of methoxy groups -OCH3 is 2. The van der Waals surface area contributed by atoms with Gasteiger partial charge in [0.05, 0.1) is 25.3 Å². The summed E-state index contributed by atoms with van der Waals surface area (Å²) in [7, 11) is 3.13. The fraction of sp³-hybridized carbons (Fsp3) is 0.0870. The Morgan fingerprint density at radius 3 is 1.86 bits per heavy atom. The Kier molecular flexibility index (Phi) is 4.72. The number of rotatable bonds is 5. The van der Waals surface area contributed by atoms with Gasteiger partial charge in [0, 0.05) is 23.3 Å². The molecule has 0 saturated heterocycles. The molecule has 0 aliphatic heterocycles. The summed E-state index contributed by atoms with van der Waals surface area (Å²) in [6.45, 7) is 0. The molecule has 138 valence electrons. The first kappa shape index (κ1) is 17.7. The minimum absolute atomic E-state index is 0.177. The molecule has 0 aliphatic rings. The highest BCUT2D eigenvalue weighted by molar-refractivity contribution is 6.11. The van der Waals surface area contributed by atoms with Crippen LogP contribution in [0.5, 0.6) is 11.5 Å². The highest BCUT2D eigenvalue weighted by Gasteiger charge is 2.20. The van der Waals surface area contributed by atoms with Gasteiger partial charge in [-0.3, -0.25) is 4.79 Å². The zero-order valence-corrected chi connectivity index (χ0v) is 15.5. The third kappa shape index (κ3) is 3.18. The number of nitrogens with zero attached hydrogens (tertiary/aromatic N) is 2. The number of benzene rings is 3. The molecule has 0 aliphatic carbocycles. The van der Waals surface area contributed by atoms with E-state index in [4.69, 9.17) is 14.5 Å². The van der Waals surface area contributed by atoms with Gasteiger partial charge in [0.15, 0.2) is 11.5 Å². The van der Waals surface area contributed by atoms with E-state index in [1.165, 1.54) is 0 Å². The molecule has 1 aromatic heterocycles. The first-order valence-electron chi connectivity index (χ1n) is 8.80. The van der Waals surface area contributed by atoms with E-state index < -0.39 is 0 Å². The maximum atomic E-state index is 13.2. The first-order valence-corrected chi connectivity index (χ1v) is 8.80. The zero-order valence-electron chi connectivity index (χ0n) is 15.5. The molecule has 0 fully saturated rings. The predicted molar refractivity (Wildman–Crippen MR) is 108 cm³/mol. The lowest BCUT2D eigenvalue weighted by Crippen LogP contribution is -2.09. The number of ether oxygens (including phenoxy) is 2. The van der Waals surface area contributed by atoms with Gasteiger partial charge in [0.25, 0.3) is 0 Å². The molecule has 4 aromatic rings. The van der Waals surface area contributed by atoms with Crippen molar-refractivity contribution < 1.29 is 14.3 Å². The van der Waals surface area contributed by atoms with Crippen LogP contribution in [0.2, 0.25) is 0 Å². The van der Waals surface area contributed by atoms with Crippen LogP contribution in [-0.4, -0.2) is 30.0 Å². The Morgan fingerprint density at radius 1 is 0.750 bits per heavy atom. The summed E-state index contributed by atoms with van der Waals surface area (Å²) in [6, 6.07) is 22.2. The zero-order chi connectivity index (χ0) is 19.5. The lowest BCUT2D eigenvalue weighted by molar-refractivity contribution is 0.103. The monoisotopic (exact) mass is 370 g/mol. The minimum Gasteiger partial charge on any atom is -0.493 e. The van der Waals surface area contributed by atoms with Gasteiger partial charge in [0.1, 0.15) is 11.4 Å². The average Bonchev–Trinajstić information content (AvgIpc) is 2.77. The molecular formula is C23H18N2O3. The van der Waals surface area contributed by atoms with E-state index in [-0.39, 0.29) is 5.78 Å². The Bertz CT molecular complexity index is 1140. The predicted octanol–water partition coefficient (Wildman–Crippen LogP) is 4.55. The standard InChI is InChI=1S/C23H18N2O3/c1-27-19-13-17-18(14-20(19)28-2)25-22(23(26)16-11-7-4-8-12-16)21(24-17)15-9-5-3-6-10-15/h3-14H,1-2H3. The number of fused-ring (bicyclic) bond motifs is 1. The van der Waals surface area contributed by atoms with E-state index in [1.807, 2.05) is 48.5 Å². The Morgan fingerprint density at radius 2 is 1.29 bits per heavy atom. The van der Waals surface area contributed by atoms with Crippen LogP contribution >= 0.6 is 0 Å². The Balaban J connectivity index is 1.99. The molecule has 0 radical (unpaired) electrons. The second kappa shape index (κ2) is 7.48. The molecule has 3 aromatic carbocycles. The van der Waals surface area contributed by atoms with Crippen LogP contribution in [0.1, 0.15) is 16.1 Å². The maximum absolute atomic E-state index is 13.2. The third-order valence-electron chi connectivity index (χ3n) is 4.47. The number of carbonyl (C=O) groups is 1. The fourth-order valence-corrected chi connectivity index (χ4v) is 3.07. The molecule has 5 nitrogen and oxygen atoms in total. The van der Waals surface area contributed by atoms with E-state index in [9.17, 15) is 4.79 Å². The topological polar surface area (TPSA) is 61.3 Å². The quantitative estimate of drug-likeness (QED) is 0.483. The SMILES string of the molecule is COc1cc2nc(C(=O)c3ccccc3)c(-c3ccccc3)nc2cc1OC. The van der Waals surface area contributed by atoms with E-state index in [1.54, 1.807) is 38.5 Å². The number of hydrogen-bond donors (Lipinski definition) is 0. The number of hydrogen-bond acceptors (Lipinski definition) is 5. The summed E-state index contributed by atoms with van der Waals surface area (Å²) in [6.07, 6.45) is 0. The molecule has 5 heteroatoms. The van der Waals surface area contributed by atoms with Crippen molar-refractivity contribution in [2.45, 2.75) is 0 Å². The third-order valence-corrected chi connectivity index (χ3v) is 4.47. The van der Waals surface area contributed by atoms with Gasteiger partial charge in [-0.05, 0) is 0 Å². The van der Waals surface area contributed by atoms with Gasteiger partial charge >= 0.3 is 0 Å². The smallest absolute Gasteiger partial charge is 0.213 e. The highest BCUT2D eigenvalue weighted by atomic mass is 16.5. The molecule has 28 heavy (non-hydrogen) atoms. The molecule has 0 saturated carbocycles.